The first-order chi connectivity index (χ1) is 9.74. The Hall–Kier alpha value is 0.0569. The lowest BCUT2D eigenvalue weighted by atomic mass is 9.82. The summed E-state index contributed by atoms with van der Waals surface area (Å²) in [4.78, 5) is 0. The zero-order valence-corrected chi connectivity index (χ0v) is 15.9. The van der Waals surface area contributed by atoms with E-state index in [1.165, 1.54) is 18.9 Å². The molecule has 1 atom stereocenters. The van der Waals surface area contributed by atoms with Crippen LogP contribution in [0.25, 0.3) is 0 Å². The first-order valence-electron chi connectivity index (χ1n) is 8.56. The van der Waals surface area contributed by atoms with Crippen molar-refractivity contribution in [1.82, 2.24) is 10.6 Å². The van der Waals surface area contributed by atoms with Crippen LogP contribution in [0.1, 0.15) is 54.4 Å². The summed E-state index contributed by atoms with van der Waals surface area (Å²) in [6.45, 7) is 16.0. The van der Waals surface area contributed by atoms with Crippen molar-refractivity contribution < 1.29 is 9.47 Å². The van der Waals surface area contributed by atoms with Gasteiger partial charge in [0.15, 0.2) is 0 Å². The minimum Gasteiger partial charge on any atom is -0.342 e. The molecule has 2 fully saturated rings. The van der Waals surface area contributed by atoms with Gasteiger partial charge in [0.05, 0.1) is 0 Å². The molecule has 2 aliphatic heterocycles. The number of nitrogens with one attached hydrogen (secondary N) is 2. The topological polar surface area (TPSA) is 42.5 Å². The van der Waals surface area contributed by atoms with E-state index in [1.807, 2.05) is 0 Å². The summed E-state index contributed by atoms with van der Waals surface area (Å²) < 4.78 is 12.3. The van der Waals surface area contributed by atoms with Crippen LogP contribution < -0.4 is 10.6 Å². The molecule has 0 spiro atoms. The van der Waals surface area contributed by atoms with Gasteiger partial charge in [0.2, 0.25) is 5.53 Å². The Kier molecular flexibility index (Phi) is 5.21. The van der Waals surface area contributed by atoms with Crippen molar-refractivity contribution in [1.29, 1.82) is 0 Å². The molecule has 0 radical (unpaired) electrons. The maximum absolute atomic E-state index is 6.14. The third-order valence-electron chi connectivity index (χ3n) is 4.82. The molecule has 0 aromatic heterocycles. The van der Waals surface area contributed by atoms with Crippen molar-refractivity contribution in [3.63, 3.8) is 0 Å². The Morgan fingerprint density at radius 2 is 1.52 bits per heavy atom. The summed E-state index contributed by atoms with van der Waals surface area (Å²) in [5.74, 6) is 0. The highest BCUT2D eigenvalue weighted by Crippen LogP contribution is 2.43. The summed E-state index contributed by atoms with van der Waals surface area (Å²) in [7, 11) is -1.21. The van der Waals surface area contributed by atoms with E-state index in [4.69, 9.17) is 9.47 Å². The van der Waals surface area contributed by atoms with E-state index in [2.05, 4.69) is 52.2 Å². The molecule has 0 aromatic rings. The molecular formula is C16H34N2O2Si. The number of hydrogen-bond acceptors (Lipinski definition) is 4. The van der Waals surface area contributed by atoms with Crippen LogP contribution in [0.15, 0.2) is 0 Å². The summed E-state index contributed by atoms with van der Waals surface area (Å²) in [6.07, 6.45) is 2.47. The van der Waals surface area contributed by atoms with Gasteiger partial charge in [0.25, 0.3) is 0 Å². The predicted molar refractivity (Wildman–Crippen MR) is 90.2 cm³/mol. The van der Waals surface area contributed by atoms with Crippen LogP contribution in [0.5, 0.6) is 0 Å². The molecule has 0 bridgehead atoms. The van der Waals surface area contributed by atoms with Crippen LogP contribution >= 0.6 is 0 Å². The number of hydrogen-bond donors (Lipinski definition) is 2. The van der Waals surface area contributed by atoms with Crippen LogP contribution in [-0.2, 0) is 9.47 Å². The fourth-order valence-corrected chi connectivity index (χ4v) is 9.58. The van der Waals surface area contributed by atoms with Crippen LogP contribution in [0.2, 0.25) is 11.6 Å². The lowest BCUT2D eigenvalue weighted by Crippen LogP contribution is -2.63. The second-order valence-corrected chi connectivity index (χ2v) is 11.4. The molecular weight excluding hydrogens is 280 g/mol. The first kappa shape index (κ1) is 17.4. The molecule has 2 aliphatic rings. The maximum atomic E-state index is 6.14. The summed E-state index contributed by atoms with van der Waals surface area (Å²) in [5, 5.41) is 7.37. The van der Waals surface area contributed by atoms with Gasteiger partial charge in [0.1, 0.15) is 8.80 Å². The van der Waals surface area contributed by atoms with Crippen LogP contribution in [-0.4, -0.2) is 45.2 Å². The molecule has 0 aliphatic carbocycles. The Morgan fingerprint density at radius 1 is 1.00 bits per heavy atom. The lowest BCUT2D eigenvalue weighted by Gasteiger charge is -2.50. The van der Waals surface area contributed by atoms with Gasteiger partial charge in [-0.2, -0.15) is 0 Å². The van der Waals surface area contributed by atoms with Crippen molar-refractivity contribution >= 4 is 8.80 Å². The van der Waals surface area contributed by atoms with E-state index in [0.29, 0.717) is 13.2 Å². The summed E-state index contributed by atoms with van der Waals surface area (Å²) in [6, 6.07) is 1.27. The Balaban J connectivity index is 2.21. The highest BCUT2D eigenvalue weighted by molar-refractivity contribution is 6.64. The number of piperidine rings is 1. The van der Waals surface area contributed by atoms with E-state index in [-0.39, 0.29) is 11.1 Å². The minimum atomic E-state index is -1.21. The summed E-state index contributed by atoms with van der Waals surface area (Å²) in [5.41, 5.74) is 0.722. The van der Waals surface area contributed by atoms with Crippen molar-refractivity contribution in [3.8, 4) is 0 Å². The Morgan fingerprint density at radius 3 is 2.00 bits per heavy atom. The smallest absolute Gasteiger partial charge is 0.201 e. The molecule has 2 heterocycles. The highest BCUT2D eigenvalue weighted by Gasteiger charge is 2.53. The van der Waals surface area contributed by atoms with Crippen LogP contribution in [0.3, 0.4) is 0 Å². The Labute approximate surface area is 132 Å². The Bertz CT molecular complexity index is 338. The molecule has 124 valence electrons. The van der Waals surface area contributed by atoms with Gasteiger partial charge in [-0.15, -0.1) is 0 Å². The second-order valence-electron chi connectivity index (χ2n) is 7.92. The SMILES string of the molecule is CCOC1(OCC)NCC[SiH]1C1CC(C)(C)NC(C)(C)C1. The maximum Gasteiger partial charge on any atom is 0.201 e. The van der Waals surface area contributed by atoms with Gasteiger partial charge in [-0.1, -0.05) is 0 Å². The third-order valence-corrected chi connectivity index (χ3v) is 8.86. The molecule has 2 rings (SSSR count). The second kappa shape index (κ2) is 6.28. The van der Waals surface area contributed by atoms with E-state index >= 15 is 0 Å². The van der Waals surface area contributed by atoms with E-state index in [9.17, 15) is 0 Å². The molecule has 1 unspecified atom stereocenters. The quantitative estimate of drug-likeness (QED) is 0.604. The molecule has 0 amide bonds. The van der Waals surface area contributed by atoms with E-state index in [1.54, 1.807) is 0 Å². The van der Waals surface area contributed by atoms with Gasteiger partial charge in [-0.25, -0.2) is 0 Å². The first-order valence-corrected chi connectivity index (χ1v) is 10.6. The average Bonchev–Trinajstić information content (AvgIpc) is 2.69. The van der Waals surface area contributed by atoms with Gasteiger partial charge in [-0.3, -0.25) is 5.32 Å². The van der Waals surface area contributed by atoms with Crippen molar-refractivity contribution in [2.75, 3.05) is 19.8 Å². The van der Waals surface area contributed by atoms with E-state index in [0.717, 1.165) is 12.1 Å². The molecule has 0 aromatic carbocycles. The fraction of sp³-hybridized carbons (Fsp3) is 1.00. The summed E-state index contributed by atoms with van der Waals surface area (Å²) >= 11 is 0. The average molecular weight is 315 g/mol. The lowest BCUT2D eigenvalue weighted by molar-refractivity contribution is -0.192. The zero-order chi connectivity index (χ0) is 15.7. The van der Waals surface area contributed by atoms with Crippen molar-refractivity contribution in [2.45, 2.75) is 82.6 Å². The molecule has 2 saturated heterocycles. The minimum absolute atomic E-state index is 0.201. The molecule has 0 saturated carbocycles. The fourth-order valence-electron chi connectivity index (χ4n) is 4.74. The third kappa shape index (κ3) is 3.88. The monoisotopic (exact) mass is 314 g/mol. The number of rotatable bonds is 5. The molecule has 5 heteroatoms. The molecule has 21 heavy (non-hydrogen) atoms. The molecule has 2 N–H and O–H groups in total. The number of ether oxygens (including phenoxy) is 2. The van der Waals surface area contributed by atoms with Gasteiger partial charge in [0, 0.05) is 24.3 Å². The van der Waals surface area contributed by atoms with Gasteiger partial charge < -0.3 is 14.8 Å². The van der Waals surface area contributed by atoms with Gasteiger partial charge in [-0.05, 0) is 72.5 Å². The molecule has 4 nitrogen and oxygen atoms in total. The van der Waals surface area contributed by atoms with Crippen molar-refractivity contribution in [2.24, 2.45) is 0 Å². The zero-order valence-electron chi connectivity index (χ0n) is 14.7. The normalized spacial score (nSPS) is 31.4. The largest absolute Gasteiger partial charge is 0.342 e. The predicted octanol–water partition coefficient (Wildman–Crippen LogP) is 2.39. The van der Waals surface area contributed by atoms with Crippen LogP contribution in [0, 0.1) is 0 Å². The standard InChI is InChI=1S/C16H34N2O2Si/c1-7-19-16(20-8-2)17-9-10-21(16)13-11-14(3,4)18-15(5,6)12-13/h13,17-18,21H,7-12H2,1-6H3. The van der Waals surface area contributed by atoms with Crippen LogP contribution in [0.4, 0.5) is 0 Å². The highest BCUT2D eigenvalue weighted by atomic mass is 28.3. The van der Waals surface area contributed by atoms with E-state index < -0.39 is 14.3 Å². The van der Waals surface area contributed by atoms with Crippen molar-refractivity contribution in [3.05, 3.63) is 0 Å². The van der Waals surface area contributed by atoms with Gasteiger partial charge >= 0.3 is 0 Å².